The van der Waals surface area contributed by atoms with Crippen molar-refractivity contribution in [3.8, 4) is 0 Å². The highest BCUT2D eigenvalue weighted by Gasteiger charge is 2.07. The second-order valence-electron chi connectivity index (χ2n) is 2.86. The molecule has 0 radical (unpaired) electrons. The van der Waals surface area contributed by atoms with E-state index in [-0.39, 0.29) is 0 Å². The third-order valence-electron chi connectivity index (χ3n) is 1.88. The van der Waals surface area contributed by atoms with Crippen LogP contribution >= 0.6 is 15.9 Å². The van der Waals surface area contributed by atoms with Crippen molar-refractivity contribution in [2.75, 3.05) is 5.73 Å². The van der Waals surface area contributed by atoms with E-state index in [9.17, 15) is 0 Å². The Morgan fingerprint density at radius 1 is 1.58 bits per heavy atom. The Morgan fingerprint density at radius 2 is 2.25 bits per heavy atom. The molecule has 4 heteroatoms. The number of unbranched alkanes of at least 4 members (excludes halogenated alkanes) is 1. The molecule has 0 saturated heterocycles. The molecule has 68 valence electrons. The molecule has 12 heavy (non-hydrogen) atoms. The van der Waals surface area contributed by atoms with E-state index in [1.165, 1.54) is 6.42 Å². The molecule has 0 aliphatic rings. The molecule has 0 aliphatic heterocycles. The van der Waals surface area contributed by atoms with Crippen LogP contribution in [-0.2, 0) is 6.54 Å². The summed E-state index contributed by atoms with van der Waals surface area (Å²) in [5.41, 5.74) is 6.75. The van der Waals surface area contributed by atoms with Gasteiger partial charge in [-0.25, -0.2) is 0 Å². The van der Waals surface area contributed by atoms with Gasteiger partial charge >= 0.3 is 0 Å². The second kappa shape index (κ2) is 3.94. The molecule has 0 atom stereocenters. The molecular weight excluding hydrogens is 218 g/mol. The van der Waals surface area contributed by atoms with Crippen LogP contribution in [-0.4, -0.2) is 9.78 Å². The highest BCUT2D eigenvalue weighted by molar-refractivity contribution is 9.10. The molecule has 0 fully saturated rings. The first-order valence-electron chi connectivity index (χ1n) is 4.15. The number of anilines is 1. The Kier molecular flexibility index (Phi) is 3.14. The van der Waals surface area contributed by atoms with Crippen molar-refractivity contribution in [2.45, 2.75) is 33.2 Å². The fraction of sp³-hybridized carbons (Fsp3) is 0.625. The molecule has 1 aromatic rings. The predicted octanol–water partition coefficient (Wildman–Crippen LogP) is 2.34. The van der Waals surface area contributed by atoms with E-state index in [2.05, 4.69) is 28.0 Å². The number of aryl methyl sites for hydroxylation is 1. The Bertz CT molecular complexity index is 268. The van der Waals surface area contributed by atoms with Gasteiger partial charge in [0, 0.05) is 6.54 Å². The lowest BCUT2D eigenvalue weighted by molar-refractivity contribution is 0.560. The fourth-order valence-corrected chi connectivity index (χ4v) is 1.36. The lowest BCUT2D eigenvalue weighted by atomic mass is 10.3. The van der Waals surface area contributed by atoms with E-state index >= 15 is 0 Å². The van der Waals surface area contributed by atoms with Gasteiger partial charge in [0.15, 0.2) is 5.82 Å². The Morgan fingerprint density at radius 3 is 2.67 bits per heavy atom. The summed E-state index contributed by atoms with van der Waals surface area (Å²) in [6.07, 6.45) is 2.32. The summed E-state index contributed by atoms with van der Waals surface area (Å²) >= 11 is 3.38. The minimum absolute atomic E-state index is 0.587. The van der Waals surface area contributed by atoms with Crippen molar-refractivity contribution in [1.29, 1.82) is 0 Å². The molecular formula is C8H14BrN3. The largest absolute Gasteiger partial charge is 0.381 e. The fourth-order valence-electron chi connectivity index (χ4n) is 1.07. The van der Waals surface area contributed by atoms with Gasteiger partial charge in [-0.05, 0) is 29.3 Å². The first kappa shape index (κ1) is 9.58. The summed E-state index contributed by atoms with van der Waals surface area (Å²) in [4.78, 5) is 0. The number of aromatic nitrogens is 2. The Balaban J connectivity index is 2.79. The monoisotopic (exact) mass is 231 g/mol. The molecule has 0 amide bonds. The number of rotatable bonds is 3. The van der Waals surface area contributed by atoms with E-state index in [0.29, 0.717) is 5.82 Å². The third kappa shape index (κ3) is 1.80. The van der Waals surface area contributed by atoms with Crippen molar-refractivity contribution in [1.82, 2.24) is 9.78 Å². The van der Waals surface area contributed by atoms with Crippen molar-refractivity contribution >= 4 is 21.7 Å². The molecule has 0 aliphatic carbocycles. The zero-order chi connectivity index (χ0) is 9.14. The topological polar surface area (TPSA) is 43.8 Å². The first-order valence-corrected chi connectivity index (χ1v) is 4.94. The van der Waals surface area contributed by atoms with Gasteiger partial charge in [0.1, 0.15) is 0 Å². The van der Waals surface area contributed by atoms with Gasteiger partial charge in [-0.2, -0.15) is 5.10 Å². The Hall–Kier alpha value is -0.510. The van der Waals surface area contributed by atoms with E-state index in [1.807, 2.05) is 11.6 Å². The number of hydrogen-bond acceptors (Lipinski definition) is 2. The molecule has 1 heterocycles. The van der Waals surface area contributed by atoms with Crippen molar-refractivity contribution < 1.29 is 0 Å². The number of nitrogen functional groups attached to an aromatic ring is 1. The summed E-state index contributed by atoms with van der Waals surface area (Å²) in [5.74, 6) is 0.587. The second-order valence-corrected chi connectivity index (χ2v) is 3.65. The van der Waals surface area contributed by atoms with Crippen LogP contribution in [0.25, 0.3) is 0 Å². The summed E-state index contributed by atoms with van der Waals surface area (Å²) < 4.78 is 2.88. The average Bonchev–Trinajstić information content (AvgIpc) is 2.30. The van der Waals surface area contributed by atoms with E-state index in [0.717, 1.165) is 23.1 Å². The van der Waals surface area contributed by atoms with Gasteiger partial charge in [0.2, 0.25) is 0 Å². The van der Waals surface area contributed by atoms with Crippen LogP contribution in [0, 0.1) is 6.92 Å². The average molecular weight is 232 g/mol. The molecule has 0 bridgehead atoms. The minimum Gasteiger partial charge on any atom is -0.381 e. The van der Waals surface area contributed by atoms with Crippen molar-refractivity contribution in [2.24, 2.45) is 0 Å². The quantitative estimate of drug-likeness (QED) is 0.869. The standard InChI is InChI=1S/C8H14BrN3/c1-3-4-5-12-6(2)7(9)8(10)11-12/h3-5H2,1-2H3,(H2,10,11). The van der Waals surface area contributed by atoms with Gasteiger partial charge in [-0.1, -0.05) is 13.3 Å². The molecule has 0 aromatic carbocycles. The predicted molar refractivity (Wildman–Crippen MR) is 54.0 cm³/mol. The van der Waals surface area contributed by atoms with Crippen LogP contribution in [0.2, 0.25) is 0 Å². The zero-order valence-electron chi connectivity index (χ0n) is 7.47. The van der Waals surface area contributed by atoms with Gasteiger partial charge in [0.25, 0.3) is 0 Å². The summed E-state index contributed by atoms with van der Waals surface area (Å²) in [6, 6.07) is 0. The molecule has 2 N–H and O–H groups in total. The minimum atomic E-state index is 0.587. The maximum absolute atomic E-state index is 5.63. The summed E-state index contributed by atoms with van der Waals surface area (Å²) in [6.45, 7) is 5.14. The lowest BCUT2D eigenvalue weighted by Crippen LogP contribution is -2.02. The zero-order valence-corrected chi connectivity index (χ0v) is 9.06. The smallest absolute Gasteiger partial charge is 0.160 e. The van der Waals surface area contributed by atoms with E-state index in [1.54, 1.807) is 0 Å². The maximum atomic E-state index is 5.63. The van der Waals surface area contributed by atoms with Crippen molar-refractivity contribution in [3.05, 3.63) is 10.2 Å². The summed E-state index contributed by atoms with van der Waals surface area (Å²) in [7, 11) is 0. The first-order chi connectivity index (χ1) is 5.66. The molecule has 3 nitrogen and oxygen atoms in total. The van der Waals surface area contributed by atoms with Gasteiger partial charge < -0.3 is 5.73 Å². The van der Waals surface area contributed by atoms with E-state index < -0.39 is 0 Å². The van der Waals surface area contributed by atoms with Crippen LogP contribution in [0.4, 0.5) is 5.82 Å². The number of nitrogens with two attached hydrogens (primary N) is 1. The van der Waals surface area contributed by atoms with Crippen LogP contribution in [0.3, 0.4) is 0 Å². The maximum Gasteiger partial charge on any atom is 0.160 e. The highest BCUT2D eigenvalue weighted by Crippen LogP contribution is 2.22. The SMILES string of the molecule is CCCCn1nc(N)c(Br)c1C. The number of halogens is 1. The molecule has 0 unspecified atom stereocenters. The molecule has 1 aromatic heterocycles. The van der Waals surface area contributed by atoms with Crippen LogP contribution < -0.4 is 5.73 Å². The number of nitrogens with zero attached hydrogens (tertiary/aromatic N) is 2. The molecule has 0 spiro atoms. The van der Waals surface area contributed by atoms with Gasteiger partial charge in [-0.15, -0.1) is 0 Å². The normalized spacial score (nSPS) is 10.6. The summed E-state index contributed by atoms with van der Waals surface area (Å²) in [5, 5.41) is 4.19. The highest BCUT2D eigenvalue weighted by atomic mass is 79.9. The Labute approximate surface area is 81.1 Å². The van der Waals surface area contributed by atoms with Crippen LogP contribution in [0.1, 0.15) is 25.5 Å². The van der Waals surface area contributed by atoms with Crippen LogP contribution in [0.5, 0.6) is 0 Å². The molecule has 0 saturated carbocycles. The number of hydrogen-bond donors (Lipinski definition) is 1. The van der Waals surface area contributed by atoms with Gasteiger partial charge in [0.05, 0.1) is 10.2 Å². The van der Waals surface area contributed by atoms with Gasteiger partial charge in [-0.3, -0.25) is 4.68 Å². The third-order valence-corrected chi connectivity index (χ3v) is 2.86. The van der Waals surface area contributed by atoms with Crippen LogP contribution in [0.15, 0.2) is 4.47 Å². The van der Waals surface area contributed by atoms with E-state index in [4.69, 9.17) is 5.73 Å². The molecule has 1 rings (SSSR count). The van der Waals surface area contributed by atoms with Crippen molar-refractivity contribution in [3.63, 3.8) is 0 Å². The lowest BCUT2D eigenvalue weighted by Gasteiger charge is -2.01.